The van der Waals surface area contributed by atoms with Crippen LogP contribution in [0.15, 0.2) is 41.3 Å². The Morgan fingerprint density at radius 1 is 1.25 bits per heavy atom. The third-order valence-electron chi connectivity index (χ3n) is 5.34. The van der Waals surface area contributed by atoms with Gasteiger partial charge in [-0.2, -0.15) is 17.5 Å². The Labute approximate surface area is 183 Å². The van der Waals surface area contributed by atoms with E-state index in [0.717, 1.165) is 23.5 Å². The van der Waals surface area contributed by atoms with Crippen LogP contribution >= 0.6 is 0 Å². The summed E-state index contributed by atoms with van der Waals surface area (Å²) in [4.78, 5) is 10.3. The molecule has 0 heterocycles. The van der Waals surface area contributed by atoms with E-state index >= 15 is 0 Å². The second kappa shape index (κ2) is 8.99. The average Bonchev–Trinajstić information content (AvgIpc) is 2.75. The van der Waals surface area contributed by atoms with E-state index in [0.29, 0.717) is 42.2 Å². The van der Waals surface area contributed by atoms with Gasteiger partial charge in [0.1, 0.15) is 11.5 Å². The molecule has 11 heteroatoms. The number of fused-ring (bicyclic) bond motifs is 1. The number of carboxylic acid groups (broad SMARTS) is 1. The van der Waals surface area contributed by atoms with Gasteiger partial charge in [0, 0.05) is 13.1 Å². The highest BCUT2D eigenvalue weighted by Crippen LogP contribution is 2.41. The molecule has 32 heavy (non-hydrogen) atoms. The van der Waals surface area contributed by atoms with Crippen LogP contribution in [0.1, 0.15) is 35.6 Å². The Kier molecular flexibility index (Phi) is 6.70. The van der Waals surface area contributed by atoms with Gasteiger partial charge in [0.2, 0.25) is 10.0 Å². The fourth-order valence-corrected chi connectivity index (χ4v) is 5.21. The van der Waals surface area contributed by atoms with Crippen LogP contribution in [0.25, 0.3) is 0 Å². The first kappa shape index (κ1) is 23.9. The number of alkyl halides is 3. The second-order valence-corrected chi connectivity index (χ2v) is 9.33. The third kappa shape index (κ3) is 4.83. The Morgan fingerprint density at radius 3 is 2.59 bits per heavy atom. The number of sulfonamides is 1. The molecule has 0 amide bonds. The zero-order chi connectivity index (χ0) is 23.7. The zero-order valence-electron chi connectivity index (χ0n) is 17.3. The van der Waals surface area contributed by atoms with Crippen molar-refractivity contribution in [2.75, 3.05) is 20.8 Å². The summed E-state index contributed by atoms with van der Waals surface area (Å²) in [5, 5.41) is 8.87. The van der Waals surface area contributed by atoms with E-state index in [2.05, 4.69) is 0 Å². The first-order valence-electron chi connectivity index (χ1n) is 9.66. The van der Waals surface area contributed by atoms with Crippen molar-refractivity contribution in [2.24, 2.45) is 0 Å². The van der Waals surface area contributed by atoms with Crippen molar-refractivity contribution in [3.05, 3.63) is 53.1 Å². The van der Waals surface area contributed by atoms with Crippen molar-refractivity contribution in [1.82, 2.24) is 4.31 Å². The predicted octanol–water partition coefficient (Wildman–Crippen LogP) is 3.88. The van der Waals surface area contributed by atoms with Gasteiger partial charge in [0.05, 0.1) is 23.6 Å². The van der Waals surface area contributed by atoms with Crippen molar-refractivity contribution in [3.8, 4) is 11.5 Å². The largest absolute Gasteiger partial charge is 0.497 e. The van der Waals surface area contributed by atoms with Crippen molar-refractivity contribution in [3.63, 3.8) is 0 Å². The molecule has 1 aliphatic rings. The van der Waals surface area contributed by atoms with Crippen LogP contribution in [0.4, 0.5) is 13.2 Å². The Morgan fingerprint density at radius 2 is 1.97 bits per heavy atom. The van der Waals surface area contributed by atoms with Gasteiger partial charge in [-0.15, -0.1) is 0 Å². The standard InChI is InChI=1S/C21H22F3NO6S/c1-25(32(28,29)15-10-13(21(22,23)24)9-14(11-15)30-2)18-7-3-6-17-16(18)5-4-8-19(17)31-12-20(26)27/h4-5,8-11,18H,3,6-7,12H2,1-2H3,(H,26,27). The number of hydrogen-bond acceptors (Lipinski definition) is 5. The number of halogens is 3. The highest BCUT2D eigenvalue weighted by Gasteiger charge is 2.36. The number of nitrogens with zero attached hydrogens (tertiary/aromatic N) is 1. The van der Waals surface area contributed by atoms with Gasteiger partial charge >= 0.3 is 12.1 Å². The molecule has 0 bridgehead atoms. The van der Waals surface area contributed by atoms with E-state index < -0.39 is 45.3 Å². The quantitative estimate of drug-likeness (QED) is 0.656. The predicted molar refractivity (Wildman–Crippen MR) is 108 cm³/mol. The summed E-state index contributed by atoms with van der Waals surface area (Å²) in [5.74, 6) is -1.02. The van der Waals surface area contributed by atoms with Crippen LogP contribution in [0, 0.1) is 0 Å². The molecule has 0 saturated carbocycles. The maximum Gasteiger partial charge on any atom is 0.416 e. The van der Waals surface area contributed by atoms with Crippen molar-refractivity contribution >= 4 is 16.0 Å². The monoisotopic (exact) mass is 473 g/mol. The van der Waals surface area contributed by atoms with Crippen LogP contribution < -0.4 is 9.47 Å². The van der Waals surface area contributed by atoms with E-state index in [4.69, 9.17) is 14.6 Å². The summed E-state index contributed by atoms with van der Waals surface area (Å²) >= 11 is 0. The molecule has 3 rings (SSSR count). The lowest BCUT2D eigenvalue weighted by Crippen LogP contribution is -2.33. The number of methoxy groups -OCH3 is 1. The van der Waals surface area contributed by atoms with Crippen molar-refractivity contribution in [1.29, 1.82) is 0 Å². The number of ether oxygens (including phenoxy) is 2. The fourth-order valence-electron chi connectivity index (χ4n) is 3.78. The summed E-state index contributed by atoms with van der Waals surface area (Å²) in [7, 11) is -1.85. The van der Waals surface area contributed by atoms with Gasteiger partial charge in [0.25, 0.3) is 0 Å². The summed E-state index contributed by atoms with van der Waals surface area (Å²) in [5.41, 5.74) is 0.190. The fraction of sp³-hybridized carbons (Fsp3) is 0.381. The van der Waals surface area contributed by atoms with E-state index in [1.54, 1.807) is 18.2 Å². The van der Waals surface area contributed by atoms with Crippen LogP contribution in [-0.4, -0.2) is 44.6 Å². The lowest BCUT2D eigenvalue weighted by atomic mass is 9.87. The summed E-state index contributed by atoms with van der Waals surface area (Å²) in [6.45, 7) is -0.542. The van der Waals surface area contributed by atoms with Crippen molar-refractivity contribution < 1.29 is 41.0 Å². The molecule has 1 N–H and O–H groups in total. The van der Waals surface area contributed by atoms with Crippen molar-refractivity contribution in [2.45, 2.75) is 36.4 Å². The Hall–Kier alpha value is -2.79. The van der Waals surface area contributed by atoms with Crippen LogP contribution in [0.3, 0.4) is 0 Å². The van der Waals surface area contributed by atoms with Crippen LogP contribution in [0.5, 0.6) is 11.5 Å². The number of hydrogen-bond donors (Lipinski definition) is 1. The van der Waals surface area contributed by atoms with E-state index in [1.807, 2.05) is 0 Å². The number of aliphatic carboxylic acids is 1. The smallest absolute Gasteiger partial charge is 0.416 e. The molecule has 1 atom stereocenters. The second-order valence-electron chi connectivity index (χ2n) is 7.33. The molecule has 2 aromatic carbocycles. The molecule has 1 aliphatic carbocycles. The van der Waals surface area contributed by atoms with Gasteiger partial charge in [0.15, 0.2) is 6.61 Å². The summed E-state index contributed by atoms with van der Waals surface area (Å²) in [6.07, 6.45) is -3.14. The molecule has 1 unspecified atom stereocenters. The minimum Gasteiger partial charge on any atom is -0.497 e. The first-order chi connectivity index (χ1) is 14.9. The van der Waals surface area contributed by atoms with E-state index in [1.165, 1.54) is 7.05 Å². The van der Waals surface area contributed by atoms with Gasteiger partial charge < -0.3 is 14.6 Å². The molecule has 0 spiro atoms. The van der Waals surface area contributed by atoms with Crippen LogP contribution in [-0.2, 0) is 27.4 Å². The molecular weight excluding hydrogens is 451 g/mol. The first-order valence-corrected chi connectivity index (χ1v) is 11.1. The van der Waals surface area contributed by atoms with Crippen LogP contribution in [0.2, 0.25) is 0 Å². The van der Waals surface area contributed by atoms with E-state index in [9.17, 15) is 26.4 Å². The topological polar surface area (TPSA) is 93.1 Å². The molecule has 0 aromatic heterocycles. The maximum absolute atomic E-state index is 13.3. The third-order valence-corrected chi connectivity index (χ3v) is 7.19. The lowest BCUT2D eigenvalue weighted by Gasteiger charge is -2.33. The van der Waals surface area contributed by atoms with Gasteiger partial charge in [-0.3, -0.25) is 0 Å². The Bertz CT molecular complexity index is 1120. The summed E-state index contributed by atoms with van der Waals surface area (Å²) in [6, 6.07) is 6.67. The zero-order valence-corrected chi connectivity index (χ0v) is 18.2. The van der Waals surface area contributed by atoms with E-state index in [-0.39, 0.29) is 5.75 Å². The summed E-state index contributed by atoms with van der Waals surface area (Å²) < 4.78 is 77.7. The molecule has 174 valence electrons. The SMILES string of the molecule is COc1cc(C(F)(F)F)cc(S(=O)(=O)N(C)C2CCCc3c(OCC(=O)O)cccc32)c1. The number of carboxylic acids is 1. The minimum atomic E-state index is -4.74. The minimum absolute atomic E-state index is 0.222. The number of benzene rings is 2. The van der Waals surface area contributed by atoms with Gasteiger partial charge in [-0.25, -0.2) is 13.2 Å². The highest BCUT2D eigenvalue weighted by atomic mass is 32.2. The molecule has 0 radical (unpaired) electrons. The molecule has 7 nitrogen and oxygen atoms in total. The molecule has 0 saturated heterocycles. The normalized spacial score (nSPS) is 16.5. The molecule has 0 fully saturated rings. The average molecular weight is 473 g/mol. The van der Waals surface area contributed by atoms with Gasteiger partial charge in [-0.1, -0.05) is 12.1 Å². The Balaban J connectivity index is 2.01. The molecular formula is C21H22F3NO6S. The molecule has 0 aliphatic heterocycles. The number of carbonyl (C=O) groups is 1. The van der Waals surface area contributed by atoms with Gasteiger partial charge in [-0.05, 0) is 48.6 Å². The molecule has 2 aromatic rings. The maximum atomic E-state index is 13.3. The highest BCUT2D eigenvalue weighted by molar-refractivity contribution is 7.89. The number of rotatable bonds is 7. The lowest BCUT2D eigenvalue weighted by molar-refractivity contribution is -0.139.